The number of nitrogens with zero attached hydrogens (tertiary/aromatic N) is 4. The lowest BCUT2D eigenvalue weighted by molar-refractivity contribution is -0.151. The second kappa shape index (κ2) is 12.3. The van der Waals surface area contributed by atoms with Crippen molar-refractivity contribution in [2.75, 3.05) is 45.1 Å². The zero-order valence-corrected chi connectivity index (χ0v) is 22.6. The topological polar surface area (TPSA) is 103 Å². The van der Waals surface area contributed by atoms with Crippen LogP contribution in [0.3, 0.4) is 0 Å². The smallest absolute Gasteiger partial charge is 0.408 e. The third-order valence-corrected chi connectivity index (χ3v) is 6.67. The zero-order chi connectivity index (χ0) is 25.8. The van der Waals surface area contributed by atoms with Gasteiger partial charge in [-0.1, -0.05) is 31.2 Å². The van der Waals surface area contributed by atoms with Crippen LogP contribution in [-0.4, -0.2) is 71.1 Å². The lowest BCUT2D eigenvalue weighted by Gasteiger charge is -2.31. The third-order valence-electron chi connectivity index (χ3n) is 6.67. The number of carbonyl (C=O) groups is 2. The van der Waals surface area contributed by atoms with Crippen molar-refractivity contribution >= 4 is 41.0 Å². The Kier molecular flexibility index (Phi) is 9.36. The molecule has 2 N–H and O–H groups in total. The monoisotopic (exact) mass is 530 g/mol. The molecule has 0 atom stereocenters. The van der Waals surface area contributed by atoms with E-state index in [0.29, 0.717) is 43.0 Å². The summed E-state index contributed by atoms with van der Waals surface area (Å²) in [5.74, 6) is -0.763. The number of nitrogens with one attached hydrogen (secondary N) is 2. The number of aryl methyl sites for hydroxylation is 2. The Morgan fingerprint density at radius 1 is 1.11 bits per heavy atom. The molecule has 0 aliphatic carbocycles. The second-order valence-electron chi connectivity index (χ2n) is 9.09. The first-order valence-electron chi connectivity index (χ1n) is 12.2. The number of hydrogen-bond acceptors (Lipinski definition) is 7. The fraction of sp³-hybridized carbons (Fsp3) is 0.423. The van der Waals surface area contributed by atoms with Crippen LogP contribution in [0.4, 0.5) is 5.69 Å². The molecule has 1 aliphatic rings. The minimum atomic E-state index is -0.434. The quantitative estimate of drug-likeness (QED) is 0.387. The van der Waals surface area contributed by atoms with Gasteiger partial charge in [0.2, 0.25) is 5.91 Å². The molecule has 2 aromatic carbocycles. The number of rotatable bonds is 10. The fourth-order valence-corrected chi connectivity index (χ4v) is 4.38. The Labute approximate surface area is 222 Å². The third kappa shape index (κ3) is 6.33. The summed E-state index contributed by atoms with van der Waals surface area (Å²) in [5.41, 5.74) is 5.16. The van der Waals surface area contributed by atoms with Crippen molar-refractivity contribution in [1.29, 1.82) is 0 Å². The SMILES string of the molecule is CCNCCN(CC(=O)N(C)N1Cc2ccccc2C1)C(=O)CNc1cc2oc(=O)n(C)c2cc1C.Cl. The van der Waals surface area contributed by atoms with Gasteiger partial charge in [-0.3, -0.25) is 19.2 Å². The highest BCUT2D eigenvalue weighted by Crippen LogP contribution is 2.24. The molecule has 37 heavy (non-hydrogen) atoms. The van der Waals surface area contributed by atoms with Crippen LogP contribution >= 0.6 is 12.4 Å². The van der Waals surface area contributed by atoms with E-state index in [9.17, 15) is 14.4 Å². The van der Waals surface area contributed by atoms with Gasteiger partial charge in [0.25, 0.3) is 5.91 Å². The first kappa shape index (κ1) is 28.2. The van der Waals surface area contributed by atoms with Crippen molar-refractivity contribution < 1.29 is 14.0 Å². The van der Waals surface area contributed by atoms with E-state index in [1.54, 1.807) is 30.1 Å². The normalized spacial score (nSPS) is 12.8. The number of fused-ring (bicyclic) bond motifs is 2. The van der Waals surface area contributed by atoms with Gasteiger partial charge in [-0.05, 0) is 36.2 Å². The standard InChI is InChI=1S/C26H34N6O4.ClH/c1-5-27-10-11-31(17-25(34)30(4)32-15-19-8-6-7-9-20(19)16-32)24(33)14-28-21-13-23-22(12-18(21)2)29(3)26(35)36-23;/h6-9,12-13,27-28H,5,10-11,14-17H2,1-4H3;1H. The van der Waals surface area contributed by atoms with Crippen LogP contribution in [0.25, 0.3) is 11.1 Å². The summed E-state index contributed by atoms with van der Waals surface area (Å²) in [5, 5.41) is 9.99. The highest BCUT2D eigenvalue weighted by atomic mass is 35.5. The predicted molar refractivity (Wildman–Crippen MR) is 146 cm³/mol. The van der Waals surface area contributed by atoms with Gasteiger partial charge in [-0.15, -0.1) is 12.4 Å². The van der Waals surface area contributed by atoms with Gasteiger partial charge in [0, 0.05) is 52.0 Å². The zero-order valence-electron chi connectivity index (χ0n) is 21.7. The highest BCUT2D eigenvalue weighted by Gasteiger charge is 2.27. The molecule has 3 aromatic rings. The maximum absolute atomic E-state index is 13.2. The van der Waals surface area contributed by atoms with Crippen LogP contribution in [0.1, 0.15) is 23.6 Å². The van der Waals surface area contributed by atoms with E-state index in [-0.39, 0.29) is 37.3 Å². The molecule has 10 nitrogen and oxygen atoms in total. The molecular weight excluding hydrogens is 496 g/mol. The Morgan fingerprint density at radius 2 is 1.78 bits per heavy atom. The van der Waals surface area contributed by atoms with Crippen molar-refractivity contribution in [3.05, 3.63) is 63.6 Å². The number of anilines is 1. The molecule has 0 radical (unpaired) electrons. The Balaban J connectivity index is 0.00000380. The summed E-state index contributed by atoms with van der Waals surface area (Å²) in [6, 6.07) is 11.7. The molecule has 1 aliphatic heterocycles. The molecule has 0 saturated heterocycles. The van der Waals surface area contributed by atoms with Crippen molar-refractivity contribution in [3.63, 3.8) is 0 Å². The summed E-state index contributed by atoms with van der Waals surface area (Å²) in [6.45, 7) is 7.03. The average molecular weight is 531 g/mol. The van der Waals surface area contributed by atoms with Crippen LogP contribution in [0, 0.1) is 6.92 Å². The van der Waals surface area contributed by atoms with Gasteiger partial charge in [0.1, 0.15) is 6.54 Å². The number of amides is 2. The summed E-state index contributed by atoms with van der Waals surface area (Å²) in [4.78, 5) is 39.7. The summed E-state index contributed by atoms with van der Waals surface area (Å²) >= 11 is 0. The van der Waals surface area contributed by atoms with Crippen molar-refractivity contribution in [1.82, 2.24) is 24.8 Å². The lowest BCUT2D eigenvalue weighted by Crippen LogP contribution is -2.49. The number of benzene rings is 2. The maximum Gasteiger partial charge on any atom is 0.419 e. The molecule has 0 saturated carbocycles. The Hall–Kier alpha value is -3.34. The van der Waals surface area contributed by atoms with E-state index >= 15 is 0 Å². The molecule has 2 amide bonds. The van der Waals surface area contributed by atoms with Gasteiger partial charge in [-0.2, -0.15) is 0 Å². The average Bonchev–Trinajstić information content (AvgIpc) is 3.42. The number of aromatic nitrogens is 1. The van der Waals surface area contributed by atoms with E-state index < -0.39 is 5.76 Å². The van der Waals surface area contributed by atoms with E-state index in [1.807, 2.05) is 37.1 Å². The fourth-order valence-electron chi connectivity index (χ4n) is 4.38. The first-order valence-corrected chi connectivity index (χ1v) is 12.2. The van der Waals surface area contributed by atoms with Crippen LogP contribution in [0.5, 0.6) is 0 Å². The van der Waals surface area contributed by atoms with Gasteiger partial charge in [-0.25, -0.2) is 9.80 Å². The number of likely N-dealkylation sites (N-methyl/N-ethyl adjacent to an activating group) is 2. The highest BCUT2D eigenvalue weighted by molar-refractivity contribution is 5.88. The Morgan fingerprint density at radius 3 is 2.43 bits per heavy atom. The number of oxazole rings is 1. The van der Waals surface area contributed by atoms with Crippen LogP contribution in [0.2, 0.25) is 0 Å². The number of hydrogen-bond donors (Lipinski definition) is 2. The van der Waals surface area contributed by atoms with Crippen molar-refractivity contribution in [3.8, 4) is 0 Å². The largest absolute Gasteiger partial charge is 0.419 e. The number of carbonyl (C=O) groups excluding carboxylic acids is 2. The predicted octanol–water partition coefficient (Wildman–Crippen LogP) is 2.10. The lowest BCUT2D eigenvalue weighted by atomic mass is 10.1. The summed E-state index contributed by atoms with van der Waals surface area (Å²) < 4.78 is 6.72. The van der Waals surface area contributed by atoms with Crippen molar-refractivity contribution in [2.45, 2.75) is 26.9 Å². The molecule has 11 heteroatoms. The van der Waals surface area contributed by atoms with E-state index in [0.717, 1.165) is 12.1 Å². The maximum atomic E-state index is 13.2. The molecule has 0 spiro atoms. The molecule has 0 fully saturated rings. The van der Waals surface area contributed by atoms with Gasteiger partial charge < -0.3 is 20.0 Å². The number of halogens is 1. The number of hydrazine groups is 1. The minimum Gasteiger partial charge on any atom is -0.408 e. The van der Waals surface area contributed by atoms with Gasteiger partial charge >= 0.3 is 5.76 Å². The van der Waals surface area contributed by atoms with E-state index in [2.05, 4.69) is 22.8 Å². The van der Waals surface area contributed by atoms with Gasteiger partial charge in [0.15, 0.2) is 5.58 Å². The minimum absolute atomic E-state index is 0. The van der Waals surface area contributed by atoms with Crippen LogP contribution in [0.15, 0.2) is 45.6 Å². The van der Waals surface area contributed by atoms with E-state index in [1.165, 1.54) is 15.7 Å². The first-order chi connectivity index (χ1) is 17.3. The summed E-state index contributed by atoms with van der Waals surface area (Å²) in [6.07, 6.45) is 0. The molecule has 0 unspecified atom stereocenters. The van der Waals surface area contributed by atoms with Crippen LogP contribution in [-0.2, 0) is 29.7 Å². The Bertz CT molecular complexity index is 1300. The molecule has 2 heterocycles. The molecule has 4 rings (SSSR count). The molecule has 1 aromatic heterocycles. The van der Waals surface area contributed by atoms with Crippen LogP contribution < -0.4 is 16.4 Å². The second-order valence-corrected chi connectivity index (χ2v) is 9.09. The molecule has 0 bridgehead atoms. The van der Waals surface area contributed by atoms with Gasteiger partial charge in [0.05, 0.1) is 12.1 Å². The molecular formula is C26H35ClN6O4. The van der Waals surface area contributed by atoms with E-state index in [4.69, 9.17) is 4.42 Å². The summed E-state index contributed by atoms with van der Waals surface area (Å²) in [7, 11) is 3.41. The molecule has 200 valence electrons. The van der Waals surface area contributed by atoms with Crippen molar-refractivity contribution in [2.24, 2.45) is 7.05 Å².